The maximum Gasteiger partial charge on any atom is 0.243 e. The number of piperidine rings is 1. The smallest absolute Gasteiger partial charge is 0.243 e. The number of nitrogens with zero attached hydrogens (tertiary/aromatic N) is 4. The Labute approximate surface area is 213 Å². The van der Waals surface area contributed by atoms with Crippen molar-refractivity contribution in [2.75, 3.05) is 43.9 Å². The molecule has 10 heteroatoms. The average Bonchev–Trinajstić information content (AvgIpc) is 2.86. The zero-order valence-electron chi connectivity index (χ0n) is 21.1. The number of anilines is 4. The fourth-order valence-electron chi connectivity index (χ4n) is 4.34. The summed E-state index contributed by atoms with van der Waals surface area (Å²) in [5.74, 6) is 1.07. The van der Waals surface area contributed by atoms with Gasteiger partial charge in [-0.15, -0.1) is 0 Å². The number of aromatic nitrogens is 2. The van der Waals surface area contributed by atoms with Crippen molar-refractivity contribution in [3.05, 3.63) is 65.9 Å². The van der Waals surface area contributed by atoms with E-state index >= 15 is 0 Å². The largest absolute Gasteiger partial charge is 0.340 e. The summed E-state index contributed by atoms with van der Waals surface area (Å²) in [7, 11) is -1.59. The first-order valence-corrected chi connectivity index (χ1v) is 13.6. The number of nitrogens with one attached hydrogen (secondary N) is 2. The van der Waals surface area contributed by atoms with Gasteiger partial charge in [-0.1, -0.05) is 6.07 Å². The van der Waals surface area contributed by atoms with Gasteiger partial charge in [0, 0.05) is 36.7 Å². The Morgan fingerprint density at radius 1 is 1.00 bits per heavy atom. The number of hydrogen-bond acceptors (Lipinski definition) is 8. The van der Waals surface area contributed by atoms with Crippen LogP contribution in [0.25, 0.3) is 0 Å². The summed E-state index contributed by atoms with van der Waals surface area (Å²) in [5, 5.41) is 6.45. The van der Waals surface area contributed by atoms with Crippen molar-refractivity contribution in [2.45, 2.75) is 37.6 Å². The lowest BCUT2D eigenvalue weighted by molar-refractivity contribution is 0.184. The Kier molecular flexibility index (Phi) is 8.20. The minimum absolute atomic E-state index is 0.0338. The molecule has 0 amide bonds. The Hall–Kier alpha value is -3.05. The van der Waals surface area contributed by atoms with Crippen molar-refractivity contribution in [3.63, 3.8) is 0 Å². The second kappa shape index (κ2) is 11.3. The Morgan fingerprint density at radius 3 is 2.36 bits per heavy atom. The van der Waals surface area contributed by atoms with Gasteiger partial charge in [0.15, 0.2) is 0 Å². The Morgan fingerprint density at radius 2 is 1.69 bits per heavy atom. The van der Waals surface area contributed by atoms with Gasteiger partial charge in [0.1, 0.15) is 5.82 Å². The van der Waals surface area contributed by atoms with Crippen LogP contribution in [-0.2, 0) is 10.0 Å². The monoisotopic (exact) mass is 509 g/mol. The van der Waals surface area contributed by atoms with Crippen molar-refractivity contribution >= 4 is 33.2 Å². The highest BCUT2D eigenvalue weighted by Gasteiger charge is 2.32. The molecular weight excluding hydrogens is 474 g/mol. The third-order valence-corrected chi connectivity index (χ3v) is 8.56. The van der Waals surface area contributed by atoms with Crippen LogP contribution in [-0.4, -0.2) is 66.9 Å². The molecule has 9 nitrogen and oxygen atoms in total. The van der Waals surface area contributed by atoms with E-state index < -0.39 is 10.0 Å². The molecule has 3 aromatic rings. The second-order valence-electron chi connectivity index (χ2n) is 9.28. The molecule has 1 fully saturated rings. The first kappa shape index (κ1) is 26.0. The SMILES string of the molecule is Cc1ccc(Nc2ccnc(Nc3ccc(S(=O)(=O)N(CCN)C4CCN(C)CC4)cc3)n2)cc1C. The van der Waals surface area contributed by atoms with Crippen LogP contribution >= 0.6 is 0 Å². The lowest BCUT2D eigenvalue weighted by atomic mass is 10.1. The molecular formula is C26H35N7O2S. The molecule has 1 aromatic heterocycles. The van der Waals surface area contributed by atoms with E-state index in [1.807, 2.05) is 6.07 Å². The van der Waals surface area contributed by atoms with E-state index in [4.69, 9.17) is 5.73 Å². The molecule has 0 aliphatic carbocycles. The molecule has 2 heterocycles. The van der Waals surface area contributed by atoms with Gasteiger partial charge in [0.05, 0.1) is 4.90 Å². The molecule has 4 rings (SSSR count). The van der Waals surface area contributed by atoms with Crippen LogP contribution in [0.4, 0.5) is 23.1 Å². The number of rotatable bonds is 9. The molecule has 36 heavy (non-hydrogen) atoms. The molecule has 1 aliphatic rings. The van der Waals surface area contributed by atoms with Gasteiger partial charge in [-0.3, -0.25) is 0 Å². The minimum Gasteiger partial charge on any atom is -0.340 e. The topological polar surface area (TPSA) is 116 Å². The molecule has 0 saturated carbocycles. The van der Waals surface area contributed by atoms with Crippen LogP contribution in [0.3, 0.4) is 0 Å². The number of aryl methyl sites for hydroxylation is 2. The normalized spacial score (nSPS) is 15.2. The summed E-state index contributed by atoms with van der Waals surface area (Å²) >= 11 is 0. The van der Waals surface area contributed by atoms with Crippen molar-refractivity contribution in [1.29, 1.82) is 0 Å². The summed E-state index contributed by atoms with van der Waals surface area (Å²) in [6.07, 6.45) is 3.28. The molecule has 0 unspecified atom stereocenters. The number of likely N-dealkylation sites (tertiary alicyclic amines) is 1. The summed E-state index contributed by atoms with van der Waals surface area (Å²) < 4.78 is 28.5. The van der Waals surface area contributed by atoms with Gasteiger partial charge >= 0.3 is 0 Å². The van der Waals surface area contributed by atoms with Gasteiger partial charge in [-0.25, -0.2) is 13.4 Å². The summed E-state index contributed by atoms with van der Waals surface area (Å²) in [4.78, 5) is 11.3. The molecule has 0 radical (unpaired) electrons. The number of nitrogens with two attached hydrogens (primary N) is 1. The van der Waals surface area contributed by atoms with E-state index in [9.17, 15) is 8.42 Å². The van der Waals surface area contributed by atoms with E-state index in [-0.39, 0.29) is 17.5 Å². The molecule has 0 spiro atoms. The lowest BCUT2D eigenvalue weighted by Crippen LogP contribution is -2.48. The van der Waals surface area contributed by atoms with Crippen LogP contribution in [0.15, 0.2) is 59.6 Å². The van der Waals surface area contributed by atoms with E-state index in [1.54, 1.807) is 40.8 Å². The molecule has 2 aromatic carbocycles. The highest BCUT2D eigenvalue weighted by Crippen LogP contribution is 2.26. The van der Waals surface area contributed by atoms with E-state index in [2.05, 4.69) is 58.5 Å². The quantitative estimate of drug-likeness (QED) is 0.400. The summed E-state index contributed by atoms with van der Waals surface area (Å²) in [6, 6.07) is 14.6. The first-order valence-electron chi connectivity index (χ1n) is 12.2. The molecule has 0 bridgehead atoms. The van der Waals surface area contributed by atoms with Crippen LogP contribution in [0, 0.1) is 13.8 Å². The maximum atomic E-state index is 13.4. The Balaban J connectivity index is 1.46. The highest BCUT2D eigenvalue weighted by atomic mass is 32.2. The predicted octanol–water partition coefficient (Wildman–Crippen LogP) is 3.62. The van der Waals surface area contributed by atoms with Crippen molar-refractivity contribution < 1.29 is 8.42 Å². The van der Waals surface area contributed by atoms with E-state index in [0.717, 1.165) is 31.6 Å². The second-order valence-corrected chi connectivity index (χ2v) is 11.2. The van der Waals surface area contributed by atoms with Crippen molar-refractivity contribution in [2.24, 2.45) is 5.73 Å². The third-order valence-electron chi connectivity index (χ3n) is 6.60. The molecule has 0 atom stereocenters. The number of sulfonamides is 1. The van der Waals surface area contributed by atoms with Gasteiger partial charge in [-0.05, 0) is 100 Å². The van der Waals surface area contributed by atoms with Crippen LogP contribution in [0.5, 0.6) is 0 Å². The van der Waals surface area contributed by atoms with Gasteiger partial charge in [0.25, 0.3) is 0 Å². The third kappa shape index (κ3) is 6.19. The predicted molar refractivity (Wildman–Crippen MR) is 144 cm³/mol. The zero-order valence-corrected chi connectivity index (χ0v) is 21.9. The Bertz CT molecular complexity index is 1270. The van der Waals surface area contributed by atoms with E-state index in [1.165, 1.54) is 11.1 Å². The van der Waals surface area contributed by atoms with Gasteiger partial charge < -0.3 is 21.3 Å². The van der Waals surface area contributed by atoms with E-state index in [0.29, 0.717) is 24.0 Å². The fourth-order valence-corrected chi connectivity index (χ4v) is 6.04. The standard InChI is InChI=1S/C26H35N7O2S/c1-19-4-5-22(18-20(19)2)29-25-10-14-28-26(31-25)30-21-6-8-24(9-7-21)36(34,35)33(17-13-27)23-11-15-32(3)16-12-23/h4-10,14,18,23H,11-13,15-17,27H2,1-3H3,(H2,28,29,30,31). The maximum absolute atomic E-state index is 13.4. The highest BCUT2D eigenvalue weighted by molar-refractivity contribution is 7.89. The average molecular weight is 510 g/mol. The molecule has 1 saturated heterocycles. The van der Waals surface area contributed by atoms with Crippen molar-refractivity contribution in [1.82, 2.24) is 19.2 Å². The minimum atomic E-state index is -3.65. The molecule has 192 valence electrons. The van der Waals surface area contributed by atoms with Crippen LogP contribution in [0.2, 0.25) is 0 Å². The van der Waals surface area contributed by atoms with Gasteiger partial charge in [-0.2, -0.15) is 9.29 Å². The summed E-state index contributed by atoms with van der Waals surface area (Å²) in [5.41, 5.74) is 9.85. The molecule has 4 N–H and O–H groups in total. The number of hydrogen-bond donors (Lipinski definition) is 3. The number of benzene rings is 2. The van der Waals surface area contributed by atoms with Crippen LogP contribution in [0.1, 0.15) is 24.0 Å². The first-order chi connectivity index (χ1) is 17.3. The molecule has 1 aliphatic heterocycles. The van der Waals surface area contributed by atoms with Gasteiger partial charge in [0.2, 0.25) is 16.0 Å². The zero-order chi connectivity index (χ0) is 25.7. The lowest BCUT2D eigenvalue weighted by Gasteiger charge is -2.36. The van der Waals surface area contributed by atoms with Crippen molar-refractivity contribution in [3.8, 4) is 0 Å². The summed E-state index contributed by atoms with van der Waals surface area (Å²) in [6.45, 7) is 6.50. The van der Waals surface area contributed by atoms with Crippen LogP contribution < -0.4 is 16.4 Å². The fraction of sp³-hybridized carbons (Fsp3) is 0.385.